The predicted molar refractivity (Wildman–Crippen MR) is 114 cm³/mol. The van der Waals surface area contributed by atoms with Crippen molar-refractivity contribution in [2.45, 2.75) is 38.1 Å². The normalized spacial score (nSPS) is 21.8. The van der Waals surface area contributed by atoms with E-state index < -0.39 is 5.79 Å². The van der Waals surface area contributed by atoms with Gasteiger partial charge >= 0.3 is 0 Å². The van der Waals surface area contributed by atoms with Crippen molar-refractivity contribution >= 4 is 0 Å². The van der Waals surface area contributed by atoms with Crippen LogP contribution in [0.5, 0.6) is 11.6 Å². The van der Waals surface area contributed by atoms with E-state index in [0.29, 0.717) is 12.5 Å². The van der Waals surface area contributed by atoms with Crippen molar-refractivity contribution in [3.05, 3.63) is 42.1 Å². The Kier molecular flexibility index (Phi) is 5.63. The van der Waals surface area contributed by atoms with E-state index in [1.54, 1.807) is 7.11 Å². The Morgan fingerprint density at radius 3 is 2.63 bits per heavy atom. The predicted octanol–water partition coefficient (Wildman–Crippen LogP) is 3.88. The van der Waals surface area contributed by atoms with Crippen LogP contribution in [-0.4, -0.2) is 55.6 Å². The smallest absolute Gasteiger partial charge is 0.213 e. The molecule has 160 valence electrons. The summed E-state index contributed by atoms with van der Waals surface area (Å²) in [6.45, 7) is 5.66. The molecule has 6 heteroatoms. The number of pyridine rings is 1. The van der Waals surface area contributed by atoms with Crippen LogP contribution in [0.25, 0.3) is 11.1 Å². The summed E-state index contributed by atoms with van der Waals surface area (Å²) in [5.74, 6) is 1.87. The summed E-state index contributed by atoms with van der Waals surface area (Å²) < 4.78 is 23.4. The van der Waals surface area contributed by atoms with Crippen molar-refractivity contribution in [1.29, 1.82) is 0 Å². The number of methoxy groups -OCH3 is 1. The number of likely N-dealkylation sites (tertiary alicyclic amines) is 1. The van der Waals surface area contributed by atoms with Gasteiger partial charge < -0.3 is 23.8 Å². The first-order valence-corrected chi connectivity index (χ1v) is 11.0. The Morgan fingerprint density at radius 2 is 1.90 bits per heavy atom. The first kappa shape index (κ1) is 19.8. The fourth-order valence-corrected chi connectivity index (χ4v) is 4.70. The van der Waals surface area contributed by atoms with Gasteiger partial charge in [0.2, 0.25) is 11.7 Å². The van der Waals surface area contributed by atoms with Gasteiger partial charge in [-0.05, 0) is 42.5 Å². The molecule has 2 aromatic rings. The Morgan fingerprint density at radius 1 is 1.10 bits per heavy atom. The van der Waals surface area contributed by atoms with Crippen LogP contribution < -0.4 is 9.47 Å². The highest BCUT2D eigenvalue weighted by Crippen LogP contribution is 2.39. The molecule has 3 aliphatic rings. The van der Waals surface area contributed by atoms with Crippen LogP contribution in [0.4, 0.5) is 0 Å². The van der Waals surface area contributed by atoms with Crippen LogP contribution in [0.2, 0.25) is 0 Å². The zero-order valence-corrected chi connectivity index (χ0v) is 17.6. The number of benzene rings is 1. The SMILES string of the molecule is COc1ccc(-c2ccc3c(c2)COC2(CCN(CC4CCOCC4)CC2)O3)cn1. The highest BCUT2D eigenvalue weighted by Gasteiger charge is 2.41. The molecule has 30 heavy (non-hydrogen) atoms. The molecule has 0 unspecified atom stereocenters. The molecule has 0 N–H and O–H groups in total. The number of aromatic nitrogens is 1. The zero-order chi connectivity index (χ0) is 20.4. The number of fused-ring (bicyclic) bond motifs is 1. The van der Waals surface area contributed by atoms with E-state index in [1.807, 2.05) is 18.3 Å². The van der Waals surface area contributed by atoms with Gasteiger partial charge in [0.15, 0.2) is 0 Å². The maximum Gasteiger partial charge on any atom is 0.213 e. The first-order valence-electron chi connectivity index (χ1n) is 11.0. The van der Waals surface area contributed by atoms with Crippen LogP contribution in [0.15, 0.2) is 36.5 Å². The topological polar surface area (TPSA) is 53.1 Å². The van der Waals surface area contributed by atoms with Crippen LogP contribution in [0, 0.1) is 5.92 Å². The number of hydrogen-bond donors (Lipinski definition) is 0. The van der Waals surface area contributed by atoms with Crippen molar-refractivity contribution in [1.82, 2.24) is 9.88 Å². The van der Waals surface area contributed by atoms with Gasteiger partial charge in [-0.2, -0.15) is 0 Å². The lowest BCUT2D eigenvalue weighted by Gasteiger charge is -2.44. The maximum absolute atomic E-state index is 6.42. The molecular weight excluding hydrogens is 380 g/mol. The second-order valence-corrected chi connectivity index (χ2v) is 8.57. The largest absolute Gasteiger partial charge is 0.481 e. The summed E-state index contributed by atoms with van der Waals surface area (Å²) in [6.07, 6.45) is 6.04. The molecule has 0 aliphatic carbocycles. The average molecular weight is 411 g/mol. The van der Waals surface area contributed by atoms with E-state index in [1.165, 1.54) is 19.4 Å². The molecule has 1 spiro atoms. The van der Waals surface area contributed by atoms with Crippen molar-refractivity contribution in [3.8, 4) is 22.8 Å². The summed E-state index contributed by atoms with van der Waals surface area (Å²) in [4.78, 5) is 6.88. The Bertz CT molecular complexity index is 856. The van der Waals surface area contributed by atoms with Gasteiger partial charge in [0.05, 0.1) is 13.7 Å². The summed E-state index contributed by atoms with van der Waals surface area (Å²) in [7, 11) is 1.63. The molecule has 0 saturated carbocycles. The second kappa shape index (κ2) is 8.53. The quantitative estimate of drug-likeness (QED) is 0.762. The summed E-state index contributed by atoms with van der Waals surface area (Å²) >= 11 is 0. The standard InChI is InChI=1S/C24H30N2O4/c1-27-23-5-3-20(15-25-23)19-2-4-22-21(14-19)17-29-24(30-22)8-10-26(11-9-24)16-18-6-12-28-13-7-18/h2-5,14-15,18H,6-13,16-17H2,1H3. The Labute approximate surface area is 178 Å². The van der Waals surface area contributed by atoms with Crippen LogP contribution in [0.3, 0.4) is 0 Å². The molecule has 3 aliphatic heterocycles. The summed E-state index contributed by atoms with van der Waals surface area (Å²) in [5, 5.41) is 0. The van der Waals surface area contributed by atoms with Gasteiger partial charge in [0, 0.05) is 69.1 Å². The van der Waals surface area contributed by atoms with Gasteiger partial charge in [-0.15, -0.1) is 0 Å². The van der Waals surface area contributed by atoms with Crippen LogP contribution in [0.1, 0.15) is 31.2 Å². The number of ether oxygens (including phenoxy) is 4. The lowest BCUT2D eigenvalue weighted by atomic mass is 9.96. The molecule has 0 radical (unpaired) electrons. The molecule has 2 fully saturated rings. The number of rotatable bonds is 4. The maximum atomic E-state index is 6.42. The van der Waals surface area contributed by atoms with Crippen molar-refractivity contribution in [2.75, 3.05) is 40.0 Å². The lowest BCUT2D eigenvalue weighted by Crippen LogP contribution is -2.52. The highest BCUT2D eigenvalue weighted by atomic mass is 16.7. The molecule has 6 nitrogen and oxygen atoms in total. The van der Waals surface area contributed by atoms with Gasteiger partial charge in [0.1, 0.15) is 5.75 Å². The molecule has 0 atom stereocenters. The fraction of sp³-hybridized carbons (Fsp3) is 0.542. The molecule has 0 bridgehead atoms. The van der Waals surface area contributed by atoms with E-state index in [-0.39, 0.29) is 0 Å². The molecule has 5 rings (SSSR count). The van der Waals surface area contributed by atoms with E-state index in [0.717, 1.165) is 67.5 Å². The zero-order valence-electron chi connectivity index (χ0n) is 17.6. The van der Waals surface area contributed by atoms with E-state index in [4.69, 9.17) is 18.9 Å². The molecule has 4 heterocycles. The minimum atomic E-state index is -0.470. The second-order valence-electron chi connectivity index (χ2n) is 8.57. The summed E-state index contributed by atoms with van der Waals surface area (Å²) in [6, 6.07) is 10.2. The Balaban J connectivity index is 1.22. The molecule has 2 saturated heterocycles. The lowest BCUT2D eigenvalue weighted by molar-refractivity contribution is -0.228. The molecular formula is C24H30N2O4. The van der Waals surface area contributed by atoms with Gasteiger partial charge in [-0.1, -0.05) is 6.07 Å². The number of piperidine rings is 1. The first-order chi connectivity index (χ1) is 14.7. The fourth-order valence-electron chi connectivity index (χ4n) is 4.70. The monoisotopic (exact) mass is 410 g/mol. The average Bonchev–Trinajstić information content (AvgIpc) is 2.81. The molecule has 0 amide bonds. The van der Waals surface area contributed by atoms with Crippen LogP contribution in [-0.2, 0) is 16.1 Å². The van der Waals surface area contributed by atoms with E-state index >= 15 is 0 Å². The third-order valence-electron chi connectivity index (χ3n) is 6.60. The minimum absolute atomic E-state index is 0.470. The Hall–Kier alpha value is -2.15. The summed E-state index contributed by atoms with van der Waals surface area (Å²) in [5.41, 5.74) is 3.26. The van der Waals surface area contributed by atoms with Crippen molar-refractivity contribution in [2.24, 2.45) is 5.92 Å². The number of nitrogens with zero attached hydrogens (tertiary/aromatic N) is 2. The van der Waals surface area contributed by atoms with E-state index in [9.17, 15) is 0 Å². The van der Waals surface area contributed by atoms with Gasteiger partial charge in [-0.25, -0.2) is 4.98 Å². The van der Waals surface area contributed by atoms with E-state index in [2.05, 4.69) is 28.1 Å². The minimum Gasteiger partial charge on any atom is -0.481 e. The van der Waals surface area contributed by atoms with Gasteiger partial charge in [0.25, 0.3) is 0 Å². The highest BCUT2D eigenvalue weighted by molar-refractivity contribution is 5.65. The van der Waals surface area contributed by atoms with Crippen LogP contribution >= 0.6 is 0 Å². The van der Waals surface area contributed by atoms with Crippen molar-refractivity contribution in [3.63, 3.8) is 0 Å². The molecule has 1 aromatic carbocycles. The van der Waals surface area contributed by atoms with Gasteiger partial charge in [-0.3, -0.25) is 0 Å². The molecule has 1 aromatic heterocycles. The van der Waals surface area contributed by atoms with Crippen molar-refractivity contribution < 1.29 is 18.9 Å². The third kappa shape index (κ3) is 4.17. The third-order valence-corrected chi connectivity index (χ3v) is 6.60. The number of hydrogen-bond acceptors (Lipinski definition) is 6.